The molecule has 18 heavy (non-hydrogen) atoms. The van der Waals surface area contributed by atoms with Crippen molar-refractivity contribution >= 4 is 21.7 Å². The van der Waals surface area contributed by atoms with Crippen molar-refractivity contribution < 1.29 is 14.6 Å². The lowest BCUT2D eigenvalue weighted by Gasteiger charge is -2.41. The summed E-state index contributed by atoms with van der Waals surface area (Å²) >= 11 is 3.37. The van der Waals surface area contributed by atoms with Gasteiger partial charge in [-0.2, -0.15) is 0 Å². The van der Waals surface area contributed by atoms with Crippen LogP contribution in [0, 0.1) is 0 Å². The van der Waals surface area contributed by atoms with Gasteiger partial charge < -0.3 is 9.84 Å². The number of aliphatic hydroxyl groups is 1. The van der Waals surface area contributed by atoms with Crippen molar-refractivity contribution in [2.75, 3.05) is 0 Å². The van der Waals surface area contributed by atoms with Crippen LogP contribution in [0.3, 0.4) is 0 Å². The van der Waals surface area contributed by atoms with Gasteiger partial charge in [-0.1, -0.05) is 15.9 Å². The van der Waals surface area contributed by atoms with Crippen LogP contribution in [0.5, 0.6) is 5.75 Å². The Labute approximate surface area is 114 Å². The molecule has 0 amide bonds. The summed E-state index contributed by atoms with van der Waals surface area (Å²) in [5.74, 6) is 0.833. The highest BCUT2D eigenvalue weighted by atomic mass is 79.9. The molecule has 0 aromatic heterocycles. The Hall–Kier alpha value is -0.870. The van der Waals surface area contributed by atoms with E-state index in [1.165, 1.54) is 0 Å². The number of hydrogen-bond acceptors (Lipinski definition) is 3. The zero-order valence-corrected chi connectivity index (χ0v) is 11.6. The van der Waals surface area contributed by atoms with E-state index in [0.29, 0.717) is 17.7 Å². The summed E-state index contributed by atoms with van der Waals surface area (Å²) in [5, 5.41) is 9.57. The van der Waals surface area contributed by atoms with E-state index in [1.807, 2.05) is 18.2 Å². The number of aliphatic hydroxyl groups excluding tert-OH is 1. The molecule has 1 aliphatic carbocycles. The highest BCUT2D eigenvalue weighted by Gasteiger charge is 2.42. The van der Waals surface area contributed by atoms with E-state index < -0.39 is 0 Å². The van der Waals surface area contributed by atoms with Crippen LogP contribution in [0.15, 0.2) is 22.7 Å². The van der Waals surface area contributed by atoms with E-state index in [1.54, 1.807) is 0 Å². The Morgan fingerprint density at radius 3 is 2.78 bits per heavy atom. The Balaban J connectivity index is 1.92. The minimum Gasteiger partial charge on any atom is -0.486 e. The predicted octanol–water partition coefficient (Wildman–Crippen LogP) is 3.09. The number of halogens is 1. The first-order chi connectivity index (χ1) is 8.58. The number of carbonyl (C=O) groups excluding carboxylic acids is 1. The first-order valence-corrected chi connectivity index (χ1v) is 7.07. The van der Waals surface area contributed by atoms with Crippen molar-refractivity contribution in [3.8, 4) is 5.75 Å². The topological polar surface area (TPSA) is 46.5 Å². The summed E-state index contributed by atoms with van der Waals surface area (Å²) in [6.07, 6.45) is 3.16. The van der Waals surface area contributed by atoms with Crippen molar-refractivity contribution in [3.63, 3.8) is 0 Å². The summed E-state index contributed by atoms with van der Waals surface area (Å²) in [6, 6.07) is 5.56. The van der Waals surface area contributed by atoms with Crippen molar-refractivity contribution in [1.82, 2.24) is 0 Å². The Morgan fingerprint density at radius 2 is 2.06 bits per heavy atom. The normalized spacial score (nSPS) is 31.0. The molecule has 3 nitrogen and oxygen atoms in total. The van der Waals surface area contributed by atoms with Gasteiger partial charge in [-0.25, -0.2) is 0 Å². The zero-order chi connectivity index (χ0) is 12.8. The van der Waals surface area contributed by atoms with E-state index in [0.717, 1.165) is 30.2 Å². The monoisotopic (exact) mass is 310 g/mol. The molecule has 96 valence electrons. The molecule has 4 heteroatoms. The van der Waals surface area contributed by atoms with Gasteiger partial charge in [0, 0.05) is 4.47 Å². The standard InChI is InChI=1S/C14H15BrO3/c15-9-1-2-13-11(7-9)12(17)8-14(18-13)5-3-10(16)4-6-14/h1-2,7,10,16H,3-6,8H2. The summed E-state index contributed by atoms with van der Waals surface area (Å²) in [6.45, 7) is 0. The lowest BCUT2D eigenvalue weighted by molar-refractivity contribution is -0.0196. The number of Topliss-reactive ketones (excluding diaryl/α,β-unsaturated/α-hetero) is 1. The summed E-state index contributed by atoms with van der Waals surface area (Å²) in [5.41, 5.74) is 0.290. The van der Waals surface area contributed by atoms with Gasteiger partial charge >= 0.3 is 0 Å². The van der Waals surface area contributed by atoms with Crippen LogP contribution in [0.2, 0.25) is 0 Å². The summed E-state index contributed by atoms with van der Waals surface area (Å²) in [4.78, 5) is 12.2. The molecule has 0 bridgehead atoms. The molecule has 1 saturated carbocycles. The summed E-state index contributed by atoms with van der Waals surface area (Å²) < 4.78 is 6.98. The fourth-order valence-electron chi connectivity index (χ4n) is 2.87. The molecular formula is C14H15BrO3. The second-order valence-electron chi connectivity index (χ2n) is 5.26. The number of fused-ring (bicyclic) bond motifs is 1. The highest BCUT2D eigenvalue weighted by molar-refractivity contribution is 9.10. The van der Waals surface area contributed by atoms with Gasteiger partial charge in [0.05, 0.1) is 18.1 Å². The lowest BCUT2D eigenvalue weighted by atomic mass is 9.77. The number of rotatable bonds is 0. The molecule has 1 spiro atoms. The fraction of sp³-hybridized carbons (Fsp3) is 0.500. The maximum Gasteiger partial charge on any atom is 0.170 e. The van der Waals surface area contributed by atoms with Gasteiger partial charge in [0.2, 0.25) is 0 Å². The third kappa shape index (κ3) is 2.08. The molecule has 0 saturated heterocycles. The average molecular weight is 311 g/mol. The SMILES string of the molecule is O=C1CC2(CCC(O)CC2)Oc2ccc(Br)cc21. The molecule has 0 unspecified atom stereocenters. The highest BCUT2D eigenvalue weighted by Crippen LogP contribution is 2.42. The number of benzene rings is 1. The molecule has 3 rings (SSSR count). The molecule has 0 atom stereocenters. The molecule has 1 aromatic rings. The molecular weight excluding hydrogens is 296 g/mol. The van der Waals surface area contributed by atoms with Crippen LogP contribution in [0.25, 0.3) is 0 Å². The minimum absolute atomic E-state index is 0.147. The van der Waals surface area contributed by atoms with Gasteiger partial charge in [-0.3, -0.25) is 4.79 Å². The molecule has 0 radical (unpaired) electrons. The van der Waals surface area contributed by atoms with Crippen LogP contribution in [0.1, 0.15) is 42.5 Å². The van der Waals surface area contributed by atoms with E-state index >= 15 is 0 Å². The lowest BCUT2D eigenvalue weighted by Crippen LogP contribution is -2.45. The fourth-order valence-corrected chi connectivity index (χ4v) is 3.23. The van der Waals surface area contributed by atoms with Gasteiger partial charge in [0.15, 0.2) is 5.78 Å². The van der Waals surface area contributed by atoms with Crippen molar-refractivity contribution in [2.24, 2.45) is 0 Å². The average Bonchev–Trinajstić information content (AvgIpc) is 2.35. The number of carbonyl (C=O) groups is 1. The second kappa shape index (κ2) is 4.35. The van der Waals surface area contributed by atoms with E-state index in [4.69, 9.17) is 4.74 Å². The van der Waals surface area contributed by atoms with Crippen LogP contribution in [-0.2, 0) is 0 Å². The summed E-state index contributed by atoms with van der Waals surface area (Å²) in [7, 11) is 0. The Kier molecular flexibility index (Phi) is 2.94. The molecule has 1 heterocycles. The molecule has 1 aliphatic heterocycles. The maximum atomic E-state index is 12.2. The van der Waals surface area contributed by atoms with Crippen LogP contribution >= 0.6 is 15.9 Å². The van der Waals surface area contributed by atoms with Crippen molar-refractivity contribution in [1.29, 1.82) is 0 Å². The quantitative estimate of drug-likeness (QED) is 0.801. The molecule has 2 aliphatic rings. The predicted molar refractivity (Wildman–Crippen MR) is 70.9 cm³/mol. The van der Waals surface area contributed by atoms with Gasteiger partial charge in [-0.05, 0) is 43.9 Å². The van der Waals surface area contributed by atoms with E-state index in [9.17, 15) is 9.90 Å². The number of hydrogen-bond donors (Lipinski definition) is 1. The largest absolute Gasteiger partial charge is 0.486 e. The Bertz CT molecular complexity index is 490. The van der Waals surface area contributed by atoms with Crippen LogP contribution < -0.4 is 4.74 Å². The van der Waals surface area contributed by atoms with Crippen LogP contribution in [0.4, 0.5) is 0 Å². The van der Waals surface area contributed by atoms with E-state index in [-0.39, 0.29) is 17.5 Å². The maximum absolute atomic E-state index is 12.2. The first-order valence-electron chi connectivity index (χ1n) is 6.28. The smallest absolute Gasteiger partial charge is 0.170 e. The molecule has 1 aromatic carbocycles. The minimum atomic E-state index is -0.378. The van der Waals surface area contributed by atoms with Crippen molar-refractivity contribution in [3.05, 3.63) is 28.2 Å². The number of ketones is 1. The van der Waals surface area contributed by atoms with Gasteiger partial charge in [0.1, 0.15) is 11.4 Å². The first kappa shape index (κ1) is 12.2. The van der Waals surface area contributed by atoms with Crippen LogP contribution in [-0.4, -0.2) is 22.6 Å². The van der Waals surface area contributed by atoms with Crippen molar-refractivity contribution in [2.45, 2.75) is 43.8 Å². The second-order valence-corrected chi connectivity index (χ2v) is 6.17. The zero-order valence-electron chi connectivity index (χ0n) is 9.99. The van der Waals surface area contributed by atoms with Gasteiger partial charge in [0.25, 0.3) is 0 Å². The third-order valence-corrected chi connectivity index (χ3v) is 4.41. The third-order valence-electron chi connectivity index (χ3n) is 3.92. The van der Waals surface area contributed by atoms with E-state index in [2.05, 4.69) is 15.9 Å². The number of ether oxygens (including phenoxy) is 1. The molecule has 1 fully saturated rings. The molecule has 1 N–H and O–H groups in total. The van der Waals surface area contributed by atoms with Gasteiger partial charge in [-0.15, -0.1) is 0 Å². The Morgan fingerprint density at radius 1 is 1.33 bits per heavy atom.